The molecular weight excluding hydrogens is 416 g/mol. The van der Waals surface area contributed by atoms with Gasteiger partial charge in [-0.3, -0.25) is 9.52 Å². The Morgan fingerprint density at radius 3 is 2.54 bits per heavy atom. The smallest absolute Gasteiger partial charge is 0.263 e. The van der Waals surface area contributed by atoms with Gasteiger partial charge in [0.15, 0.2) is 0 Å². The fraction of sp³-hybridized carbons (Fsp3) is 0.188. The van der Waals surface area contributed by atoms with E-state index in [0.29, 0.717) is 33.8 Å². The van der Waals surface area contributed by atoms with Crippen molar-refractivity contribution in [3.8, 4) is 0 Å². The van der Waals surface area contributed by atoms with Gasteiger partial charge in [0, 0.05) is 17.4 Å². The van der Waals surface area contributed by atoms with Crippen molar-refractivity contribution in [2.45, 2.75) is 17.7 Å². The molecule has 2 aromatic carbocycles. The molecule has 0 aliphatic carbocycles. The second-order valence-electron chi connectivity index (χ2n) is 5.35. The number of nitrogens with one attached hydrogen (secondary N) is 1. The first kappa shape index (κ1) is 17.3. The van der Waals surface area contributed by atoms with Crippen LogP contribution in [0.4, 0.5) is 11.4 Å². The number of anilines is 2. The molecule has 2 aromatic rings. The van der Waals surface area contributed by atoms with Gasteiger partial charge in [-0.15, -0.1) is 0 Å². The van der Waals surface area contributed by atoms with Crippen LogP contribution in [0.25, 0.3) is 0 Å². The maximum absolute atomic E-state index is 12.5. The molecule has 0 atom stereocenters. The number of carbonyl (C=O) groups is 1. The third kappa shape index (κ3) is 3.43. The van der Waals surface area contributed by atoms with E-state index in [9.17, 15) is 13.2 Å². The van der Waals surface area contributed by atoms with E-state index in [2.05, 4.69) is 20.7 Å². The third-order valence-corrected chi connectivity index (χ3v) is 6.39. The zero-order valence-electron chi connectivity index (χ0n) is 12.5. The molecule has 0 radical (unpaired) electrons. The number of benzene rings is 2. The summed E-state index contributed by atoms with van der Waals surface area (Å²) in [4.78, 5) is 13.6. The molecule has 0 bridgehead atoms. The van der Waals surface area contributed by atoms with E-state index in [1.165, 1.54) is 12.1 Å². The van der Waals surface area contributed by atoms with Crippen LogP contribution < -0.4 is 9.62 Å². The number of sulfonamides is 1. The second-order valence-corrected chi connectivity index (χ2v) is 8.26. The number of nitrogens with zero attached hydrogens (tertiary/aromatic N) is 1. The van der Waals surface area contributed by atoms with Crippen molar-refractivity contribution in [3.63, 3.8) is 0 Å². The normalized spacial score (nSPS) is 14.9. The minimum atomic E-state index is -3.74. The lowest BCUT2D eigenvalue weighted by Crippen LogP contribution is -2.24. The van der Waals surface area contributed by atoms with Crippen molar-refractivity contribution in [1.29, 1.82) is 0 Å². The van der Waals surface area contributed by atoms with Crippen molar-refractivity contribution >= 4 is 54.8 Å². The fourth-order valence-electron chi connectivity index (χ4n) is 2.56. The van der Waals surface area contributed by atoms with Gasteiger partial charge in [-0.2, -0.15) is 0 Å². The Morgan fingerprint density at radius 1 is 1.17 bits per heavy atom. The van der Waals surface area contributed by atoms with Gasteiger partial charge in [0.05, 0.1) is 16.4 Å². The van der Waals surface area contributed by atoms with Crippen molar-refractivity contribution in [2.75, 3.05) is 16.2 Å². The fourth-order valence-corrected chi connectivity index (χ4v) is 4.90. The molecule has 0 aromatic heterocycles. The molecule has 0 saturated carbocycles. The Hall–Kier alpha value is -1.57. The van der Waals surface area contributed by atoms with Crippen LogP contribution in [0.1, 0.15) is 12.8 Å². The van der Waals surface area contributed by atoms with Crippen LogP contribution in [0, 0.1) is 0 Å². The molecule has 0 spiro atoms. The molecule has 1 N–H and O–H groups in total. The van der Waals surface area contributed by atoms with Gasteiger partial charge in [-0.05, 0) is 52.7 Å². The SMILES string of the molecule is O=C1CCCN1c1ccc(NS(=O)(=O)c2ccccc2Br)cc1Cl. The number of carbonyl (C=O) groups excluding carboxylic acids is 1. The maximum atomic E-state index is 12.5. The number of halogens is 2. The van der Waals surface area contributed by atoms with Gasteiger partial charge in [-0.1, -0.05) is 23.7 Å². The predicted molar refractivity (Wildman–Crippen MR) is 98.0 cm³/mol. The maximum Gasteiger partial charge on any atom is 0.263 e. The predicted octanol–water partition coefficient (Wildman–Crippen LogP) is 4.03. The lowest BCUT2D eigenvalue weighted by Gasteiger charge is -2.18. The van der Waals surface area contributed by atoms with Gasteiger partial charge >= 0.3 is 0 Å². The van der Waals surface area contributed by atoms with Crippen LogP contribution in [0.15, 0.2) is 51.8 Å². The van der Waals surface area contributed by atoms with Crippen LogP contribution in [0.3, 0.4) is 0 Å². The monoisotopic (exact) mass is 428 g/mol. The Balaban J connectivity index is 1.87. The standard InChI is InChI=1S/C16H14BrClN2O3S/c17-12-4-1-2-5-15(12)24(22,23)19-11-7-8-14(13(18)10-11)20-9-3-6-16(20)21/h1-2,4-5,7-8,10,19H,3,6,9H2. The Labute approximate surface area is 153 Å². The van der Waals surface area contributed by atoms with Crippen molar-refractivity contribution < 1.29 is 13.2 Å². The number of amides is 1. The van der Waals surface area contributed by atoms with Crippen molar-refractivity contribution in [3.05, 3.63) is 52.0 Å². The van der Waals surface area contributed by atoms with Crippen molar-refractivity contribution in [2.24, 2.45) is 0 Å². The van der Waals surface area contributed by atoms with E-state index in [4.69, 9.17) is 11.6 Å². The van der Waals surface area contributed by atoms with Gasteiger partial charge in [-0.25, -0.2) is 8.42 Å². The summed E-state index contributed by atoms with van der Waals surface area (Å²) in [5.74, 6) is 0.0263. The van der Waals surface area contributed by atoms with E-state index < -0.39 is 10.0 Å². The summed E-state index contributed by atoms with van der Waals surface area (Å²) >= 11 is 9.48. The lowest BCUT2D eigenvalue weighted by molar-refractivity contribution is -0.117. The molecular formula is C16H14BrClN2O3S. The topological polar surface area (TPSA) is 66.5 Å². The largest absolute Gasteiger partial charge is 0.311 e. The summed E-state index contributed by atoms with van der Waals surface area (Å²) in [5, 5.41) is 0.331. The summed E-state index contributed by atoms with van der Waals surface area (Å²) in [6, 6.07) is 11.3. The average Bonchev–Trinajstić information content (AvgIpc) is 2.93. The molecule has 1 heterocycles. The van der Waals surface area contributed by atoms with Crippen LogP contribution in [-0.4, -0.2) is 20.9 Å². The van der Waals surface area contributed by atoms with Crippen LogP contribution in [0.2, 0.25) is 5.02 Å². The molecule has 126 valence electrons. The highest BCUT2D eigenvalue weighted by Crippen LogP contribution is 2.32. The molecule has 1 fully saturated rings. The van der Waals surface area contributed by atoms with Crippen LogP contribution in [0.5, 0.6) is 0 Å². The first-order chi connectivity index (χ1) is 11.4. The molecule has 1 amide bonds. The van der Waals surface area contributed by atoms with Gasteiger partial charge in [0.2, 0.25) is 5.91 Å². The minimum absolute atomic E-state index is 0.0263. The molecule has 3 rings (SSSR count). The van der Waals surface area contributed by atoms with Gasteiger partial charge in [0.25, 0.3) is 10.0 Å². The molecule has 1 aliphatic rings. The Bertz CT molecular complexity index is 902. The van der Waals surface area contributed by atoms with E-state index in [-0.39, 0.29) is 10.8 Å². The van der Waals surface area contributed by atoms with E-state index in [1.54, 1.807) is 35.2 Å². The summed E-state index contributed by atoms with van der Waals surface area (Å²) in [6.07, 6.45) is 1.30. The Morgan fingerprint density at radius 2 is 1.92 bits per heavy atom. The highest BCUT2D eigenvalue weighted by Gasteiger charge is 2.24. The molecule has 8 heteroatoms. The summed E-state index contributed by atoms with van der Waals surface area (Å²) in [7, 11) is -3.74. The van der Waals surface area contributed by atoms with Crippen LogP contribution >= 0.6 is 27.5 Å². The first-order valence-corrected chi connectivity index (χ1v) is 9.91. The minimum Gasteiger partial charge on any atom is -0.311 e. The average molecular weight is 430 g/mol. The highest BCUT2D eigenvalue weighted by molar-refractivity contribution is 9.10. The Kier molecular flexibility index (Phi) is 4.85. The zero-order valence-corrected chi connectivity index (χ0v) is 15.7. The first-order valence-electron chi connectivity index (χ1n) is 7.26. The lowest BCUT2D eigenvalue weighted by atomic mass is 10.2. The van der Waals surface area contributed by atoms with E-state index in [1.807, 2.05) is 0 Å². The quantitative estimate of drug-likeness (QED) is 0.798. The summed E-state index contributed by atoms with van der Waals surface area (Å²) < 4.78 is 27.9. The van der Waals surface area contributed by atoms with Crippen molar-refractivity contribution in [1.82, 2.24) is 0 Å². The van der Waals surface area contributed by atoms with E-state index >= 15 is 0 Å². The molecule has 0 unspecified atom stereocenters. The van der Waals surface area contributed by atoms with Crippen LogP contribution in [-0.2, 0) is 14.8 Å². The summed E-state index contributed by atoms with van der Waals surface area (Å²) in [6.45, 7) is 0.626. The third-order valence-electron chi connectivity index (χ3n) is 3.69. The van der Waals surface area contributed by atoms with Gasteiger partial charge in [0.1, 0.15) is 4.90 Å². The summed E-state index contributed by atoms with van der Waals surface area (Å²) in [5.41, 5.74) is 0.939. The number of hydrogen-bond acceptors (Lipinski definition) is 3. The molecule has 1 saturated heterocycles. The second kappa shape index (κ2) is 6.74. The molecule has 1 aliphatic heterocycles. The van der Waals surface area contributed by atoms with Gasteiger partial charge < -0.3 is 4.90 Å². The number of rotatable bonds is 4. The highest BCUT2D eigenvalue weighted by atomic mass is 79.9. The zero-order chi connectivity index (χ0) is 17.3. The molecule has 24 heavy (non-hydrogen) atoms. The number of hydrogen-bond donors (Lipinski definition) is 1. The van der Waals surface area contributed by atoms with E-state index in [0.717, 1.165) is 6.42 Å². The molecule has 5 nitrogen and oxygen atoms in total.